The van der Waals surface area contributed by atoms with E-state index in [4.69, 9.17) is 4.74 Å². The van der Waals surface area contributed by atoms with Gasteiger partial charge in [-0.15, -0.1) is 11.3 Å². The summed E-state index contributed by atoms with van der Waals surface area (Å²) in [5.41, 5.74) is 2.33. The minimum absolute atomic E-state index is 0.0168. The van der Waals surface area contributed by atoms with Crippen molar-refractivity contribution in [3.8, 4) is 5.75 Å². The number of amides is 3. The molecule has 1 N–H and O–H groups in total. The van der Waals surface area contributed by atoms with Crippen molar-refractivity contribution in [3.63, 3.8) is 0 Å². The highest BCUT2D eigenvalue weighted by atomic mass is 32.1. The van der Waals surface area contributed by atoms with Gasteiger partial charge in [0.1, 0.15) is 18.9 Å². The average Bonchev–Trinajstić information content (AvgIpc) is 3.24. The lowest BCUT2D eigenvalue weighted by Crippen LogP contribution is -2.53. The second kappa shape index (κ2) is 10.9. The summed E-state index contributed by atoms with van der Waals surface area (Å²) in [5, 5.41) is 5.02. The van der Waals surface area contributed by atoms with Crippen molar-refractivity contribution >= 4 is 23.3 Å². The maximum Gasteiger partial charge on any atom is 0.318 e. The number of thiophene rings is 1. The van der Waals surface area contributed by atoms with Gasteiger partial charge in [0.05, 0.1) is 6.04 Å². The summed E-state index contributed by atoms with van der Waals surface area (Å²) < 4.78 is 6.10. The van der Waals surface area contributed by atoms with Gasteiger partial charge in [0.15, 0.2) is 0 Å². The third kappa shape index (κ3) is 5.82. The highest BCUT2D eigenvalue weighted by molar-refractivity contribution is 7.10. The van der Waals surface area contributed by atoms with Crippen LogP contribution in [0.1, 0.15) is 56.2 Å². The Hall–Kier alpha value is -2.54. The predicted molar refractivity (Wildman–Crippen MR) is 129 cm³/mol. The topological polar surface area (TPSA) is 61.9 Å². The molecule has 6 nitrogen and oxygen atoms in total. The van der Waals surface area contributed by atoms with Gasteiger partial charge in [0, 0.05) is 23.5 Å². The Morgan fingerprint density at radius 2 is 1.94 bits per heavy atom. The standard InChI is InChI=1S/C25H35N3O3S/c1-6-19(5)28(25(30)26-17(2)3)15-24(29)27-13-11-23-21(12-14-32-23)22(27)16-31-20-9-7-18(4)8-10-20/h7-10,12,14,17,19,22H,6,11,13,15-16H2,1-5H3,(H,26,30)/t19-,22-/m0/s1. The maximum atomic E-state index is 13.5. The number of benzene rings is 1. The molecule has 7 heteroatoms. The number of nitrogens with one attached hydrogen (secondary N) is 1. The Labute approximate surface area is 195 Å². The van der Waals surface area contributed by atoms with Gasteiger partial charge in [-0.2, -0.15) is 0 Å². The molecule has 0 radical (unpaired) electrons. The highest BCUT2D eigenvalue weighted by Gasteiger charge is 2.34. The summed E-state index contributed by atoms with van der Waals surface area (Å²) in [6.45, 7) is 11.0. The van der Waals surface area contributed by atoms with Crippen LogP contribution in [-0.2, 0) is 11.2 Å². The fourth-order valence-electron chi connectivity index (χ4n) is 3.90. The lowest BCUT2D eigenvalue weighted by Gasteiger charge is -2.38. The molecule has 32 heavy (non-hydrogen) atoms. The van der Waals surface area contributed by atoms with E-state index in [2.05, 4.69) is 16.8 Å². The summed E-state index contributed by atoms with van der Waals surface area (Å²) >= 11 is 1.73. The van der Waals surface area contributed by atoms with Gasteiger partial charge in [0.25, 0.3) is 0 Å². The third-order valence-electron chi connectivity index (χ3n) is 5.95. The molecule has 0 unspecified atom stereocenters. The first kappa shape index (κ1) is 24.1. The lowest BCUT2D eigenvalue weighted by atomic mass is 10.00. The lowest BCUT2D eigenvalue weighted by molar-refractivity contribution is -0.136. The van der Waals surface area contributed by atoms with Crippen LogP contribution in [0, 0.1) is 6.92 Å². The van der Waals surface area contributed by atoms with E-state index in [0.717, 1.165) is 24.2 Å². The van der Waals surface area contributed by atoms with E-state index in [1.165, 1.54) is 10.4 Å². The van der Waals surface area contributed by atoms with Crippen molar-refractivity contribution in [2.75, 3.05) is 19.7 Å². The Bertz CT molecular complexity index is 909. The predicted octanol–water partition coefficient (Wildman–Crippen LogP) is 4.78. The fourth-order valence-corrected chi connectivity index (χ4v) is 4.83. The molecule has 0 aliphatic carbocycles. The fraction of sp³-hybridized carbons (Fsp3) is 0.520. The zero-order valence-electron chi connectivity index (χ0n) is 19.8. The smallest absolute Gasteiger partial charge is 0.318 e. The molecule has 1 aliphatic rings. The van der Waals surface area contributed by atoms with Gasteiger partial charge < -0.3 is 19.9 Å². The van der Waals surface area contributed by atoms with Crippen LogP contribution in [0.25, 0.3) is 0 Å². The summed E-state index contributed by atoms with van der Waals surface area (Å²) in [4.78, 5) is 31.1. The minimum Gasteiger partial charge on any atom is -0.491 e. The second-order valence-electron chi connectivity index (χ2n) is 8.77. The van der Waals surface area contributed by atoms with Gasteiger partial charge >= 0.3 is 6.03 Å². The Balaban J connectivity index is 1.77. The molecule has 174 valence electrons. The number of carbonyl (C=O) groups excluding carboxylic acids is 2. The summed E-state index contributed by atoms with van der Waals surface area (Å²) in [6, 6.07) is 9.69. The quantitative estimate of drug-likeness (QED) is 0.621. The van der Waals surface area contributed by atoms with Gasteiger partial charge in [-0.3, -0.25) is 4.79 Å². The number of aryl methyl sites for hydroxylation is 1. The van der Waals surface area contributed by atoms with E-state index in [1.54, 1.807) is 16.2 Å². The largest absolute Gasteiger partial charge is 0.491 e. The molecule has 2 aromatic rings. The van der Waals surface area contributed by atoms with Crippen LogP contribution in [0.5, 0.6) is 5.75 Å². The van der Waals surface area contributed by atoms with Crippen LogP contribution in [0.3, 0.4) is 0 Å². The monoisotopic (exact) mass is 457 g/mol. The first-order valence-corrected chi connectivity index (χ1v) is 12.3. The van der Waals surface area contributed by atoms with E-state index < -0.39 is 0 Å². The molecule has 0 bridgehead atoms. The van der Waals surface area contributed by atoms with Crippen LogP contribution in [-0.4, -0.2) is 53.5 Å². The van der Waals surface area contributed by atoms with E-state index in [1.807, 2.05) is 63.8 Å². The molecule has 1 aromatic carbocycles. The molecule has 1 aromatic heterocycles. The zero-order valence-corrected chi connectivity index (χ0v) is 20.6. The summed E-state index contributed by atoms with van der Waals surface area (Å²) in [5.74, 6) is 0.751. The van der Waals surface area contributed by atoms with Crippen molar-refractivity contribution < 1.29 is 14.3 Å². The van der Waals surface area contributed by atoms with Gasteiger partial charge in [-0.1, -0.05) is 24.6 Å². The summed E-state index contributed by atoms with van der Waals surface area (Å²) in [6.07, 6.45) is 1.62. The van der Waals surface area contributed by atoms with Crippen molar-refractivity contribution in [3.05, 3.63) is 51.7 Å². The number of nitrogens with zero attached hydrogens (tertiary/aromatic N) is 2. The van der Waals surface area contributed by atoms with Crippen molar-refractivity contribution in [2.24, 2.45) is 0 Å². The first-order chi connectivity index (χ1) is 15.3. The molecule has 1 aliphatic heterocycles. The number of urea groups is 1. The SMILES string of the molecule is CC[C@H](C)N(CC(=O)N1CCc2sccc2[C@@H]1COc1ccc(C)cc1)C(=O)NC(C)C. The average molecular weight is 458 g/mol. The minimum atomic E-state index is -0.191. The maximum absolute atomic E-state index is 13.5. The van der Waals surface area contributed by atoms with Crippen LogP contribution in [0.4, 0.5) is 4.79 Å². The normalized spacial score (nSPS) is 16.4. The van der Waals surface area contributed by atoms with E-state index in [0.29, 0.717) is 13.2 Å². The van der Waals surface area contributed by atoms with Crippen LogP contribution in [0.15, 0.2) is 35.7 Å². The number of fused-ring (bicyclic) bond motifs is 1. The number of rotatable bonds is 8. The summed E-state index contributed by atoms with van der Waals surface area (Å²) in [7, 11) is 0. The Morgan fingerprint density at radius 1 is 1.22 bits per heavy atom. The first-order valence-electron chi connectivity index (χ1n) is 11.4. The molecule has 0 fully saturated rings. The molecule has 2 atom stereocenters. The van der Waals surface area contributed by atoms with Crippen LogP contribution < -0.4 is 10.1 Å². The highest BCUT2D eigenvalue weighted by Crippen LogP contribution is 2.34. The molecular formula is C25H35N3O3S. The second-order valence-corrected chi connectivity index (χ2v) is 9.77. The van der Waals surface area contributed by atoms with E-state index >= 15 is 0 Å². The van der Waals surface area contributed by atoms with Crippen LogP contribution in [0.2, 0.25) is 0 Å². The number of hydrogen-bond acceptors (Lipinski definition) is 4. The number of ether oxygens (including phenoxy) is 1. The van der Waals surface area contributed by atoms with Crippen molar-refractivity contribution in [2.45, 2.75) is 65.6 Å². The van der Waals surface area contributed by atoms with Crippen molar-refractivity contribution in [1.82, 2.24) is 15.1 Å². The molecule has 0 saturated heterocycles. The Morgan fingerprint density at radius 3 is 2.59 bits per heavy atom. The molecule has 0 spiro atoms. The third-order valence-corrected chi connectivity index (χ3v) is 6.94. The van der Waals surface area contributed by atoms with Crippen LogP contribution >= 0.6 is 11.3 Å². The molecule has 3 rings (SSSR count). The number of hydrogen-bond donors (Lipinski definition) is 1. The molecule has 2 heterocycles. The van der Waals surface area contributed by atoms with Gasteiger partial charge in [0.2, 0.25) is 5.91 Å². The van der Waals surface area contributed by atoms with Gasteiger partial charge in [-0.05, 0) is 69.7 Å². The van der Waals surface area contributed by atoms with E-state index in [-0.39, 0.29) is 36.6 Å². The van der Waals surface area contributed by atoms with E-state index in [9.17, 15) is 9.59 Å². The molecule has 0 saturated carbocycles. The molecule has 3 amide bonds. The zero-order chi connectivity index (χ0) is 23.3. The van der Waals surface area contributed by atoms with Crippen molar-refractivity contribution in [1.29, 1.82) is 0 Å². The number of carbonyl (C=O) groups is 2. The molecular weight excluding hydrogens is 422 g/mol. The Kier molecular flexibility index (Phi) is 8.18. The van der Waals surface area contributed by atoms with Gasteiger partial charge in [-0.25, -0.2) is 4.79 Å².